The maximum atomic E-state index is 14.5. The van der Waals surface area contributed by atoms with Gasteiger partial charge in [-0.25, -0.2) is 4.39 Å². The smallest absolute Gasteiger partial charge is 0.312 e. The van der Waals surface area contributed by atoms with Gasteiger partial charge in [0.2, 0.25) is 0 Å². The van der Waals surface area contributed by atoms with Crippen molar-refractivity contribution in [2.45, 2.75) is 20.3 Å². The number of hydrogen-bond donors (Lipinski definition) is 1. The Morgan fingerprint density at radius 2 is 1.77 bits per heavy atom. The average Bonchev–Trinajstić information content (AvgIpc) is 3.25. The molecule has 3 aromatic carbocycles. The molecule has 4 nitrogen and oxygen atoms in total. The third-order valence-electron chi connectivity index (χ3n) is 7.10. The number of halogens is 3. The quantitative estimate of drug-likeness (QED) is 0.353. The Bertz CT molecular complexity index is 1350. The number of carboxylic acids is 1. The van der Waals surface area contributed by atoms with Crippen LogP contribution in [0.1, 0.15) is 25.0 Å². The zero-order chi connectivity index (χ0) is 25.4. The zero-order valence-electron chi connectivity index (χ0n) is 19.1. The lowest BCUT2D eigenvalue weighted by Crippen LogP contribution is -2.26. The number of benzene rings is 3. The predicted molar refractivity (Wildman–Crippen MR) is 134 cm³/mol. The van der Waals surface area contributed by atoms with Crippen molar-refractivity contribution >= 4 is 34.2 Å². The summed E-state index contributed by atoms with van der Waals surface area (Å²) in [5.41, 5.74) is -2.73. The summed E-state index contributed by atoms with van der Waals surface area (Å²) in [6, 6.07) is 22.0. The van der Waals surface area contributed by atoms with Crippen molar-refractivity contribution in [2.75, 3.05) is 0 Å². The summed E-state index contributed by atoms with van der Waals surface area (Å²) in [6.07, 6.45) is 1.51. The minimum Gasteiger partial charge on any atom is -0.481 e. The van der Waals surface area contributed by atoms with Crippen LogP contribution in [0.15, 0.2) is 78.9 Å². The molecular weight excluding hydrogens is 488 g/mol. The van der Waals surface area contributed by atoms with Crippen LogP contribution in [0.5, 0.6) is 11.5 Å². The van der Waals surface area contributed by atoms with Gasteiger partial charge in [-0.05, 0) is 60.0 Å². The second-order valence-corrected chi connectivity index (χ2v) is 9.95. The van der Waals surface area contributed by atoms with E-state index in [9.17, 15) is 19.6 Å². The molecule has 0 saturated heterocycles. The fraction of sp³-hybridized carbons (Fsp3) is 0.214. The molecule has 1 saturated carbocycles. The fourth-order valence-corrected chi connectivity index (χ4v) is 5.40. The van der Waals surface area contributed by atoms with E-state index < -0.39 is 28.0 Å². The largest absolute Gasteiger partial charge is 0.481 e. The number of nitrogens with zero attached hydrogens (tertiary/aromatic N) is 1. The molecule has 7 heteroatoms. The van der Waals surface area contributed by atoms with Crippen molar-refractivity contribution in [1.29, 1.82) is 5.26 Å². The lowest BCUT2D eigenvalue weighted by atomic mass is 9.86. The molecule has 1 aliphatic rings. The Balaban J connectivity index is 1.73. The number of ether oxygens (including phenoxy) is 1. The van der Waals surface area contributed by atoms with Crippen LogP contribution in [-0.4, -0.2) is 11.1 Å². The van der Waals surface area contributed by atoms with Crippen molar-refractivity contribution in [1.82, 2.24) is 0 Å². The fourth-order valence-electron chi connectivity index (χ4n) is 4.98. The van der Waals surface area contributed by atoms with E-state index in [1.807, 2.05) is 6.07 Å². The van der Waals surface area contributed by atoms with Gasteiger partial charge in [0, 0.05) is 15.5 Å². The average molecular weight is 510 g/mol. The van der Waals surface area contributed by atoms with E-state index in [-0.39, 0.29) is 17.2 Å². The highest BCUT2D eigenvalue weighted by Crippen LogP contribution is 2.80. The van der Waals surface area contributed by atoms with Gasteiger partial charge < -0.3 is 9.84 Å². The molecule has 1 aliphatic carbocycles. The predicted octanol–water partition coefficient (Wildman–Crippen LogP) is 7.71. The van der Waals surface area contributed by atoms with E-state index in [1.165, 1.54) is 24.3 Å². The summed E-state index contributed by atoms with van der Waals surface area (Å²) in [6.45, 7) is 3.47. The minimum atomic E-state index is -1.50. The number of aliphatic carboxylic acids is 1. The van der Waals surface area contributed by atoms with Crippen LogP contribution in [0, 0.1) is 33.4 Å². The second kappa shape index (κ2) is 9.03. The van der Waals surface area contributed by atoms with Crippen LogP contribution in [0.2, 0.25) is 5.02 Å². The maximum absolute atomic E-state index is 14.5. The first-order valence-corrected chi connectivity index (χ1v) is 11.6. The van der Waals surface area contributed by atoms with Gasteiger partial charge in [-0.15, -0.1) is 0 Å². The van der Waals surface area contributed by atoms with Crippen LogP contribution in [0.4, 0.5) is 4.39 Å². The van der Waals surface area contributed by atoms with Crippen LogP contribution in [-0.2, 0) is 11.2 Å². The maximum Gasteiger partial charge on any atom is 0.312 e. The Morgan fingerprint density at radius 3 is 2.37 bits per heavy atom. The summed E-state index contributed by atoms with van der Waals surface area (Å²) in [7, 11) is 0. The molecule has 0 heterocycles. The third-order valence-corrected chi connectivity index (χ3v) is 7.68. The third kappa shape index (κ3) is 3.97. The van der Waals surface area contributed by atoms with Crippen LogP contribution in [0.25, 0.3) is 5.03 Å². The summed E-state index contributed by atoms with van der Waals surface area (Å²) in [4.78, 5) is 12.7. The molecule has 0 bridgehead atoms. The lowest BCUT2D eigenvalue weighted by molar-refractivity contribution is -0.145. The number of rotatable bonds is 7. The molecule has 1 N–H and O–H groups in total. The first-order chi connectivity index (χ1) is 16.6. The molecule has 2 unspecified atom stereocenters. The van der Waals surface area contributed by atoms with Gasteiger partial charge in [0.1, 0.15) is 16.6 Å². The van der Waals surface area contributed by atoms with Gasteiger partial charge in [-0.3, -0.25) is 4.79 Å². The van der Waals surface area contributed by atoms with Crippen molar-refractivity contribution in [3.63, 3.8) is 0 Å². The number of allylic oxidation sites excluding steroid dienone is 1. The molecule has 0 aromatic heterocycles. The van der Waals surface area contributed by atoms with E-state index in [2.05, 4.69) is 6.07 Å². The van der Waals surface area contributed by atoms with Crippen molar-refractivity contribution in [2.24, 2.45) is 16.2 Å². The number of para-hydroxylation sites is 1. The van der Waals surface area contributed by atoms with E-state index in [0.717, 1.165) is 0 Å². The number of hydrogen-bond acceptors (Lipinski definition) is 3. The molecule has 2 atom stereocenters. The van der Waals surface area contributed by atoms with Gasteiger partial charge in [0.15, 0.2) is 11.6 Å². The van der Waals surface area contributed by atoms with Crippen molar-refractivity contribution < 1.29 is 19.0 Å². The van der Waals surface area contributed by atoms with Gasteiger partial charge >= 0.3 is 5.97 Å². The Kier molecular flexibility index (Phi) is 6.40. The molecule has 1 fully saturated rings. The number of nitriles is 1. The summed E-state index contributed by atoms with van der Waals surface area (Å²) < 4.78 is 20.2. The lowest BCUT2D eigenvalue weighted by Gasteiger charge is -2.17. The standard InChI is InChI=1S/C28H22Cl2FNO3/c1-26(2)27(17-32,16-22(30)19-9-11-20(29)12-10-19)28(26,25(33)34)15-18-8-13-23(31)24(14-18)35-21-6-4-3-5-7-21/h3-14,16H,15H2,1-2H3,(H,33,34). The molecule has 0 radical (unpaired) electrons. The molecule has 4 rings (SSSR count). The summed E-state index contributed by atoms with van der Waals surface area (Å²) in [5.74, 6) is -1.28. The Labute approximate surface area is 213 Å². The monoisotopic (exact) mass is 509 g/mol. The first kappa shape index (κ1) is 24.8. The highest BCUT2D eigenvalue weighted by molar-refractivity contribution is 6.49. The summed E-state index contributed by atoms with van der Waals surface area (Å²) in [5, 5.41) is 21.5. The van der Waals surface area contributed by atoms with Gasteiger partial charge in [-0.1, -0.05) is 73.4 Å². The van der Waals surface area contributed by atoms with Crippen LogP contribution < -0.4 is 4.74 Å². The number of carboxylic acid groups (broad SMARTS) is 1. The van der Waals surface area contributed by atoms with Gasteiger partial charge in [0.05, 0.1) is 6.07 Å². The molecular formula is C28H22Cl2FNO3. The Morgan fingerprint density at radius 1 is 1.11 bits per heavy atom. The van der Waals surface area contributed by atoms with Crippen molar-refractivity contribution in [3.8, 4) is 17.6 Å². The highest BCUT2D eigenvalue weighted by Gasteiger charge is 2.86. The van der Waals surface area contributed by atoms with E-state index >= 15 is 0 Å². The van der Waals surface area contributed by atoms with Crippen LogP contribution >= 0.6 is 23.2 Å². The van der Waals surface area contributed by atoms with Crippen LogP contribution in [0.3, 0.4) is 0 Å². The Hall–Kier alpha value is -3.33. The zero-order valence-corrected chi connectivity index (χ0v) is 20.6. The van der Waals surface area contributed by atoms with Gasteiger partial charge in [-0.2, -0.15) is 5.26 Å². The second-order valence-electron chi connectivity index (χ2n) is 9.11. The normalized spacial score (nSPS) is 22.8. The topological polar surface area (TPSA) is 70.3 Å². The van der Waals surface area contributed by atoms with Crippen molar-refractivity contribution in [3.05, 3.63) is 101 Å². The summed E-state index contributed by atoms with van der Waals surface area (Å²) >= 11 is 12.5. The molecule has 35 heavy (non-hydrogen) atoms. The number of carbonyl (C=O) groups is 1. The molecule has 0 spiro atoms. The molecule has 3 aromatic rings. The SMILES string of the molecule is CC1(C)C(C#N)(C=C(Cl)c2ccc(Cl)cc2)C1(Cc1ccc(F)c(Oc2ccccc2)c1)C(=O)O. The van der Waals surface area contributed by atoms with E-state index in [4.69, 9.17) is 27.9 Å². The van der Waals surface area contributed by atoms with E-state index in [0.29, 0.717) is 21.9 Å². The first-order valence-electron chi connectivity index (χ1n) is 10.9. The molecule has 0 aliphatic heterocycles. The van der Waals surface area contributed by atoms with Gasteiger partial charge in [0.25, 0.3) is 0 Å². The molecule has 0 amide bonds. The minimum absolute atomic E-state index is 0.0182. The van der Waals surface area contributed by atoms with E-state index in [1.54, 1.807) is 62.4 Å². The highest BCUT2D eigenvalue weighted by atomic mass is 35.5. The molecule has 178 valence electrons.